The van der Waals surface area contributed by atoms with Crippen molar-refractivity contribution in [3.8, 4) is 11.5 Å². The van der Waals surface area contributed by atoms with Gasteiger partial charge < -0.3 is 23.4 Å². The van der Waals surface area contributed by atoms with E-state index in [2.05, 4.69) is 83.1 Å². The van der Waals surface area contributed by atoms with Crippen LogP contribution < -0.4 is 9.47 Å². The van der Waals surface area contributed by atoms with Gasteiger partial charge in [0, 0.05) is 24.8 Å². The number of unbranched alkanes of at least 4 members (excludes halogenated alkanes) is 10. The van der Waals surface area contributed by atoms with Gasteiger partial charge in [0.25, 0.3) is 0 Å². The molecule has 0 heterocycles. The topological polar surface area (TPSA) is 57.2 Å². The number of benzene rings is 1. The normalized spacial score (nSPS) is 12.9. The molecule has 0 aromatic heterocycles. The first-order valence-electron chi connectivity index (χ1n) is 20.0. The Balaban J connectivity index is 2.25. The van der Waals surface area contributed by atoms with Crippen molar-refractivity contribution in [1.82, 2.24) is 0 Å². The fraction of sp³-hybridized carbons (Fsp3) is 0.854. The molecule has 0 saturated carbocycles. The van der Waals surface area contributed by atoms with Crippen LogP contribution in [0.5, 0.6) is 11.5 Å². The van der Waals surface area contributed by atoms with Gasteiger partial charge in [-0.2, -0.15) is 0 Å². The molecule has 282 valence electrons. The first-order chi connectivity index (χ1) is 22.8. The van der Waals surface area contributed by atoms with E-state index >= 15 is 0 Å². The Kier molecular flexibility index (Phi) is 22.9. The third kappa shape index (κ3) is 14.4. The number of ether oxygens (including phenoxy) is 2. The molecule has 0 saturated heterocycles. The average molecular weight is 709 g/mol. The number of rotatable bonds is 29. The van der Waals surface area contributed by atoms with E-state index in [1.54, 1.807) is 0 Å². The van der Waals surface area contributed by atoms with Crippen molar-refractivity contribution < 1.29 is 23.4 Å². The summed E-state index contributed by atoms with van der Waals surface area (Å²) in [6, 6.07) is 5.84. The lowest BCUT2D eigenvalue weighted by molar-refractivity contribution is 0.255. The van der Waals surface area contributed by atoms with Crippen LogP contribution in [0.4, 0.5) is 0 Å². The average Bonchev–Trinajstić information content (AvgIpc) is 3.01. The van der Waals surface area contributed by atoms with Crippen LogP contribution in [0.2, 0.25) is 33.2 Å². The molecule has 7 heteroatoms. The summed E-state index contributed by atoms with van der Waals surface area (Å²) in [5, 5.41) is 9.82. The summed E-state index contributed by atoms with van der Waals surface area (Å²) in [4.78, 5) is 0. The number of hydrogen-bond acceptors (Lipinski definition) is 5. The van der Waals surface area contributed by atoms with Gasteiger partial charge >= 0.3 is 0 Å². The predicted octanol–water partition coefficient (Wildman–Crippen LogP) is 13.0. The van der Waals surface area contributed by atoms with Gasteiger partial charge in [-0.05, 0) is 71.1 Å². The van der Waals surface area contributed by atoms with Crippen LogP contribution in [0, 0.1) is 0 Å². The van der Waals surface area contributed by atoms with Gasteiger partial charge in [0.15, 0.2) is 16.6 Å². The Bertz CT molecular complexity index is 903. The van der Waals surface area contributed by atoms with Gasteiger partial charge in [0.1, 0.15) is 11.5 Å². The molecule has 0 spiro atoms. The number of aliphatic hydroxyl groups is 1. The summed E-state index contributed by atoms with van der Waals surface area (Å²) in [5.41, 5.74) is 4.75. The molecular formula is C41H80O5Si2. The van der Waals surface area contributed by atoms with E-state index in [0.717, 1.165) is 56.0 Å². The second kappa shape index (κ2) is 24.3. The third-order valence-electron chi connectivity index (χ3n) is 10.9. The zero-order chi connectivity index (χ0) is 36.2. The van der Waals surface area contributed by atoms with E-state index in [4.69, 9.17) is 18.3 Å². The molecule has 0 unspecified atom stereocenters. The van der Waals surface area contributed by atoms with Crippen LogP contribution in [-0.4, -0.2) is 48.2 Å². The van der Waals surface area contributed by atoms with Crippen LogP contribution in [0.1, 0.15) is 166 Å². The summed E-state index contributed by atoms with van der Waals surface area (Å²) in [5.74, 6) is 1.58. The van der Waals surface area contributed by atoms with Crippen molar-refractivity contribution in [2.75, 3.05) is 26.4 Å². The van der Waals surface area contributed by atoms with E-state index in [1.165, 1.54) is 51.4 Å². The molecule has 1 rings (SSSR count). The minimum absolute atomic E-state index is 0.0210. The highest BCUT2D eigenvalue weighted by molar-refractivity contribution is 6.78. The van der Waals surface area contributed by atoms with Gasteiger partial charge in [0.05, 0.1) is 19.8 Å². The zero-order valence-electron chi connectivity index (χ0n) is 33.8. The molecule has 0 bridgehead atoms. The second-order valence-electron chi connectivity index (χ2n) is 16.2. The highest BCUT2D eigenvalue weighted by Crippen LogP contribution is 2.43. The highest BCUT2D eigenvalue weighted by Gasteiger charge is 2.45. The maximum absolute atomic E-state index is 9.82. The Labute approximate surface area is 300 Å². The molecule has 48 heavy (non-hydrogen) atoms. The quantitative estimate of drug-likeness (QED) is 0.0663. The van der Waals surface area contributed by atoms with Crippen molar-refractivity contribution in [2.24, 2.45) is 0 Å². The van der Waals surface area contributed by atoms with Crippen LogP contribution >= 0.6 is 0 Å². The first-order valence-corrected chi connectivity index (χ1v) is 24.3. The number of aliphatic hydroxyl groups excluding tert-OH is 1. The highest BCUT2D eigenvalue weighted by atomic mass is 28.4. The lowest BCUT2D eigenvalue weighted by Gasteiger charge is -2.42. The fourth-order valence-corrected chi connectivity index (χ4v) is 19.6. The monoisotopic (exact) mass is 709 g/mol. The first kappa shape index (κ1) is 45.2. The maximum Gasteiger partial charge on any atom is 0.200 e. The molecule has 0 aliphatic carbocycles. The minimum atomic E-state index is -1.74. The van der Waals surface area contributed by atoms with E-state index < -0.39 is 16.6 Å². The zero-order valence-corrected chi connectivity index (χ0v) is 35.8. The van der Waals surface area contributed by atoms with Crippen molar-refractivity contribution in [1.29, 1.82) is 0 Å². The predicted molar refractivity (Wildman–Crippen MR) is 213 cm³/mol. The van der Waals surface area contributed by atoms with Crippen molar-refractivity contribution >= 4 is 16.6 Å². The molecule has 1 aromatic carbocycles. The summed E-state index contributed by atoms with van der Waals surface area (Å²) in [7, 11) is -3.46. The van der Waals surface area contributed by atoms with Crippen LogP contribution in [0.3, 0.4) is 0 Å². The summed E-state index contributed by atoms with van der Waals surface area (Å²) >= 11 is 0. The minimum Gasteiger partial charge on any atom is -0.493 e. The molecule has 5 nitrogen and oxygen atoms in total. The smallest absolute Gasteiger partial charge is 0.200 e. The van der Waals surface area contributed by atoms with Gasteiger partial charge in [-0.1, -0.05) is 134 Å². The van der Waals surface area contributed by atoms with Crippen LogP contribution in [0.15, 0.2) is 18.2 Å². The lowest BCUT2D eigenvalue weighted by atomic mass is 10.1. The Hall–Kier alpha value is -0.866. The maximum atomic E-state index is 9.82. The van der Waals surface area contributed by atoms with Crippen LogP contribution in [0.25, 0.3) is 0 Å². The van der Waals surface area contributed by atoms with Crippen molar-refractivity contribution in [3.05, 3.63) is 23.8 Å². The van der Waals surface area contributed by atoms with E-state index in [0.29, 0.717) is 46.5 Å². The summed E-state index contributed by atoms with van der Waals surface area (Å²) < 4.78 is 25.6. The van der Waals surface area contributed by atoms with Gasteiger partial charge in [0.2, 0.25) is 0 Å². The van der Waals surface area contributed by atoms with E-state index in [-0.39, 0.29) is 6.61 Å². The summed E-state index contributed by atoms with van der Waals surface area (Å²) in [6.45, 7) is 31.6. The van der Waals surface area contributed by atoms with Crippen LogP contribution in [-0.2, 0) is 15.5 Å². The lowest BCUT2D eigenvalue weighted by Crippen LogP contribution is -2.47. The molecule has 1 N–H and O–H groups in total. The Morgan fingerprint density at radius 2 is 0.792 bits per heavy atom. The van der Waals surface area contributed by atoms with Crippen molar-refractivity contribution in [2.45, 2.75) is 200 Å². The molecule has 0 amide bonds. The second-order valence-corrected chi connectivity index (χ2v) is 27.1. The molecular weight excluding hydrogens is 629 g/mol. The molecule has 0 aliphatic heterocycles. The molecule has 0 atom stereocenters. The Morgan fingerprint density at radius 3 is 1.15 bits per heavy atom. The van der Waals surface area contributed by atoms with E-state index in [9.17, 15) is 5.11 Å². The van der Waals surface area contributed by atoms with Gasteiger partial charge in [-0.25, -0.2) is 0 Å². The van der Waals surface area contributed by atoms with Gasteiger partial charge in [-0.15, -0.1) is 0 Å². The molecule has 0 aliphatic rings. The Morgan fingerprint density at radius 1 is 0.458 bits per heavy atom. The SMILES string of the molecule is CC(C)[Si](OCCCCCCCCOc1ccc(CO)c(OCCCCCCCCO[Si](C(C)C)(C(C)C)C(C)C)c1)(C(C)C)C(C)C. The van der Waals surface area contributed by atoms with Crippen molar-refractivity contribution in [3.63, 3.8) is 0 Å². The van der Waals surface area contributed by atoms with E-state index in [1.807, 2.05) is 18.2 Å². The standard InChI is InChI=1S/C41H80O5Si2/c1-33(2)47(34(3)4,35(5)6)45-29-23-19-15-13-17-21-27-43-40-26-25-39(32-42)41(31-40)44-28-22-18-14-16-20-24-30-46-48(36(7)8,37(9)10)38(11)12/h25-26,31,33-38,42H,13-24,27-30,32H2,1-12H3. The van der Waals surface area contributed by atoms with Gasteiger partial charge in [-0.3, -0.25) is 0 Å². The fourth-order valence-electron chi connectivity index (χ4n) is 8.58. The molecule has 0 radical (unpaired) electrons. The molecule has 0 fully saturated rings. The summed E-state index contributed by atoms with van der Waals surface area (Å²) in [6.07, 6.45) is 14.2. The number of hydrogen-bond donors (Lipinski definition) is 1. The third-order valence-corrected chi connectivity index (χ3v) is 23.2. The molecule has 1 aromatic rings. The largest absolute Gasteiger partial charge is 0.493 e.